The van der Waals surface area contributed by atoms with Gasteiger partial charge in [0, 0.05) is 3.57 Å². The van der Waals surface area contributed by atoms with E-state index in [0.29, 0.717) is 5.92 Å². The first kappa shape index (κ1) is 12.3. The molecule has 1 aromatic rings. The van der Waals surface area contributed by atoms with Crippen molar-refractivity contribution in [1.82, 2.24) is 0 Å². The van der Waals surface area contributed by atoms with Crippen molar-refractivity contribution in [2.45, 2.75) is 25.2 Å². The van der Waals surface area contributed by atoms with Gasteiger partial charge < -0.3 is 5.73 Å². The van der Waals surface area contributed by atoms with Gasteiger partial charge in [0.15, 0.2) is 0 Å². The average Bonchev–Trinajstić information content (AvgIpc) is 2.16. The molecule has 2 rings (SSSR count). The van der Waals surface area contributed by atoms with E-state index < -0.39 is 0 Å². The summed E-state index contributed by atoms with van der Waals surface area (Å²) < 4.78 is 1.34. The van der Waals surface area contributed by atoms with Crippen LogP contribution in [0.15, 0.2) is 18.2 Å². The minimum Gasteiger partial charge on any atom is -0.330 e. The standard InChI is InChI=1S/C11H14IN.ClH/c12-10-4-5-11-8(6-10)2-1-3-9(11)7-13;/h4-6,9H,1-3,7,13H2;1H. The van der Waals surface area contributed by atoms with Crippen molar-refractivity contribution in [3.8, 4) is 0 Å². The number of halogens is 2. The van der Waals surface area contributed by atoms with Gasteiger partial charge in [-0.05, 0) is 77.6 Å². The molecule has 1 aromatic carbocycles. The first-order chi connectivity index (χ1) is 6.31. The largest absolute Gasteiger partial charge is 0.330 e. The summed E-state index contributed by atoms with van der Waals surface area (Å²) in [5.41, 5.74) is 8.77. The van der Waals surface area contributed by atoms with Crippen LogP contribution in [-0.2, 0) is 6.42 Å². The van der Waals surface area contributed by atoms with Gasteiger partial charge >= 0.3 is 0 Å². The van der Waals surface area contributed by atoms with E-state index in [1.54, 1.807) is 0 Å². The Morgan fingerprint density at radius 3 is 2.93 bits per heavy atom. The molecule has 0 aromatic heterocycles. The molecule has 0 bridgehead atoms. The van der Waals surface area contributed by atoms with Crippen LogP contribution in [0.3, 0.4) is 0 Å². The molecule has 0 radical (unpaired) electrons. The highest BCUT2D eigenvalue weighted by Crippen LogP contribution is 2.31. The molecule has 3 heteroatoms. The van der Waals surface area contributed by atoms with Gasteiger partial charge in [-0.15, -0.1) is 12.4 Å². The van der Waals surface area contributed by atoms with E-state index in [1.807, 2.05) is 0 Å². The number of hydrogen-bond acceptors (Lipinski definition) is 1. The lowest BCUT2D eigenvalue weighted by molar-refractivity contribution is 0.560. The van der Waals surface area contributed by atoms with Crippen LogP contribution in [0.4, 0.5) is 0 Å². The Balaban J connectivity index is 0.000000980. The Labute approximate surface area is 105 Å². The van der Waals surface area contributed by atoms with Gasteiger partial charge in [-0.3, -0.25) is 0 Å². The van der Waals surface area contributed by atoms with Crippen molar-refractivity contribution < 1.29 is 0 Å². The zero-order valence-corrected chi connectivity index (χ0v) is 11.0. The quantitative estimate of drug-likeness (QED) is 0.790. The smallest absolute Gasteiger partial charge is 0.0133 e. The van der Waals surface area contributed by atoms with Crippen LogP contribution in [0.1, 0.15) is 29.9 Å². The van der Waals surface area contributed by atoms with Crippen LogP contribution in [0.5, 0.6) is 0 Å². The number of fused-ring (bicyclic) bond motifs is 1. The van der Waals surface area contributed by atoms with Gasteiger partial charge in [0.1, 0.15) is 0 Å². The van der Waals surface area contributed by atoms with Gasteiger partial charge in [-0.1, -0.05) is 6.07 Å². The van der Waals surface area contributed by atoms with Gasteiger partial charge in [-0.2, -0.15) is 0 Å². The van der Waals surface area contributed by atoms with E-state index in [9.17, 15) is 0 Å². The molecule has 0 saturated carbocycles. The third kappa shape index (κ3) is 2.41. The number of benzene rings is 1. The lowest BCUT2D eigenvalue weighted by Crippen LogP contribution is -2.18. The van der Waals surface area contributed by atoms with E-state index >= 15 is 0 Å². The Kier molecular flexibility index (Phi) is 4.67. The van der Waals surface area contributed by atoms with Crippen LogP contribution >= 0.6 is 35.0 Å². The number of hydrogen-bond donors (Lipinski definition) is 1. The summed E-state index contributed by atoms with van der Waals surface area (Å²) >= 11 is 2.37. The molecule has 0 aliphatic heterocycles. The molecule has 0 fully saturated rings. The van der Waals surface area contributed by atoms with Gasteiger partial charge in [-0.25, -0.2) is 0 Å². The number of rotatable bonds is 1. The SMILES string of the molecule is Cl.NCC1CCCc2cc(I)ccc21. The molecule has 1 unspecified atom stereocenters. The summed E-state index contributed by atoms with van der Waals surface area (Å²) in [6.07, 6.45) is 3.81. The van der Waals surface area contributed by atoms with Crippen LogP contribution in [0.25, 0.3) is 0 Å². The molecule has 1 aliphatic carbocycles. The maximum atomic E-state index is 5.75. The van der Waals surface area contributed by atoms with E-state index in [-0.39, 0.29) is 12.4 Å². The van der Waals surface area contributed by atoms with Crippen LogP contribution in [-0.4, -0.2) is 6.54 Å². The van der Waals surface area contributed by atoms with Gasteiger partial charge in [0.05, 0.1) is 0 Å². The zero-order chi connectivity index (χ0) is 9.26. The molecule has 1 aliphatic rings. The van der Waals surface area contributed by atoms with Crippen molar-refractivity contribution in [2.75, 3.05) is 6.54 Å². The second-order valence-corrected chi connectivity index (χ2v) is 4.91. The van der Waals surface area contributed by atoms with Crippen molar-refractivity contribution in [2.24, 2.45) is 5.73 Å². The second-order valence-electron chi connectivity index (χ2n) is 3.67. The highest BCUT2D eigenvalue weighted by molar-refractivity contribution is 14.1. The Morgan fingerprint density at radius 2 is 2.21 bits per heavy atom. The molecule has 1 nitrogen and oxygen atoms in total. The fourth-order valence-corrected chi connectivity index (χ4v) is 2.68. The molecule has 0 amide bonds. The number of nitrogens with two attached hydrogens (primary N) is 1. The van der Waals surface area contributed by atoms with Crippen molar-refractivity contribution in [3.63, 3.8) is 0 Å². The molecule has 14 heavy (non-hydrogen) atoms. The molecular formula is C11H15ClIN. The summed E-state index contributed by atoms with van der Waals surface area (Å²) in [6, 6.07) is 6.75. The maximum absolute atomic E-state index is 5.75. The Bertz CT molecular complexity index is 314. The van der Waals surface area contributed by atoms with E-state index in [4.69, 9.17) is 5.73 Å². The van der Waals surface area contributed by atoms with E-state index in [2.05, 4.69) is 40.8 Å². The summed E-state index contributed by atoms with van der Waals surface area (Å²) in [7, 11) is 0. The predicted octanol–water partition coefficient (Wildman–Crippen LogP) is 3.09. The summed E-state index contributed by atoms with van der Waals surface area (Å²) in [6.45, 7) is 0.799. The van der Waals surface area contributed by atoms with Crippen molar-refractivity contribution in [1.29, 1.82) is 0 Å². The minimum absolute atomic E-state index is 0. The molecule has 0 heterocycles. The van der Waals surface area contributed by atoms with Gasteiger partial charge in [0.25, 0.3) is 0 Å². The third-order valence-electron chi connectivity index (χ3n) is 2.83. The second kappa shape index (κ2) is 5.33. The summed E-state index contributed by atoms with van der Waals surface area (Å²) in [5.74, 6) is 0.612. The average molecular weight is 324 g/mol. The topological polar surface area (TPSA) is 26.0 Å². The maximum Gasteiger partial charge on any atom is 0.0133 e. The highest BCUT2D eigenvalue weighted by atomic mass is 127. The molecular weight excluding hydrogens is 308 g/mol. The Hall–Kier alpha value is 0.200. The lowest BCUT2D eigenvalue weighted by atomic mass is 9.83. The monoisotopic (exact) mass is 323 g/mol. The number of aryl methyl sites for hydroxylation is 1. The summed E-state index contributed by atoms with van der Waals surface area (Å²) in [4.78, 5) is 0. The molecule has 0 spiro atoms. The van der Waals surface area contributed by atoms with Crippen LogP contribution in [0.2, 0.25) is 0 Å². The summed E-state index contributed by atoms with van der Waals surface area (Å²) in [5, 5.41) is 0. The predicted molar refractivity (Wildman–Crippen MR) is 71.1 cm³/mol. The minimum atomic E-state index is 0. The first-order valence-corrected chi connectivity index (χ1v) is 5.87. The molecule has 2 N–H and O–H groups in total. The normalized spacial score (nSPS) is 19.7. The van der Waals surface area contributed by atoms with Crippen molar-refractivity contribution in [3.05, 3.63) is 32.9 Å². The fraction of sp³-hybridized carbons (Fsp3) is 0.455. The van der Waals surface area contributed by atoms with Gasteiger partial charge in [0.2, 0.25) is 0 Å². The molecule has 78 valence electrons. The Morgan fingerprint density at radius 1 is 1.43 bits per heavy atom. The highest BCUT2D eigenvalue weighted by Gasteiger charge is 2.18. The van der Waals surface area contributed by atoms with Crippen LogP contribution < -0.4 is 5.73 Å². The molecule has 0 saturated heterocycles. The third-order valence-corrected chi connectivity index (χ3v) is 3.50. The fourth-order valence-electron chi connectivity index (χ4n) is 2.13. The first-order valence-electron chi connectivity index (χ1n) is 4.79. The zero-order valence-electron chi connectivity index (χ0n) is 8.00. The van der Waals surface area contributed by atoms with E-state index in [1.165, 1.54) is 34.0 Å². The molecule has 1 atom stereocenters. The van der Waals surface area contributed by atoms with E-state index in [0.717, 1.165) is 6.54 Å². The van der Waals surface area contributed by atoms with Crippen LogP contribution in [0, 0.1) is 3.57 Å². The van der Waals surface area contributed by atoms with Crippen molar-refractivity contribution >= 4 is 35.0 Å². The lowest BCUT2D eigenvalue weighted by Gasteiger charge is -2.24.